The molecular formula is C31H19N5. The third-order valence-corrected chi connectivity index (χ3v) is 6.58. The molecule has 0 radical (unpaired) electrons. The predicted molar refractivity (Wildman–Crippen MR) is 144 cm³/mol. The molecule has 36 heavy (non-hydrogen) atoms. The van der Waals surface area contributed by atoms with E-state index in [2.05, 4.69) is 86.9 Å². The first kappa shape index (κ1) is 20.4. The zero-order valence-electron chi connectivity index (χ0n) is 19.2. The number of hydrogen-bond acceptors (Lipinski definition) is 5. The van der Waals surface area contributed by atoms with E-state index < -0.39 is 0 Å². The second-order valence-corrected chi connectivity index (χ2v) is 8.71. The first-order valence-electron chi connectivity index (χ1n) is 11.7. The number of aromatic nitrogens is 5. The van der Waals surface area contributed by atoms with E-state index in [1.165, 1.54) is 0 Å². The lowest BCUT2D eigenvalue weighted by atomic mass is 9.90. The number of fused-ring (bicyclic) bond motifs is 4. The van der Waals surface area contributed by atoms with Gasteiger partial charge in [-0.3, -0.25) is 15.0 Å². The van der Waals surface area contributed by atoms with Gasteiger partial charge in [0.1, 0.15) is 5.52 Å². The van der Waals surface area contributed by atoms with Gasteiger partial charge in [-0.05, 0) is 47.0 Å². The summed E-state index contributed by atoms with van der Waals surface area (Å²) in [4.78, 5) is 13.7. The molecule has 0 aliphatic heterocycles. The van der Waals surface area contributed by atoms with Crippen molar-refractivity contribution in [3.8, 4) is 33.4 Å². The van der Waals surface area contributed by atoms with E-state index in [-0.39, 0.29) is 0 Å². The zero-order valence-corrected chi connectivity index (χ0v) is 19.2. The lowest BCUT2D eigenvalue weighted by Crippen LogP contribution is -1.92. The number of benzene rings is 3. The number of nitrogens with zero attached hydrogens (tertiary/aromatic N) is 5. The van der Waals surface area contributed by atoms with E-state index >= 15 is 0 Å². The maximum Gasteiger partial charge on any atom is 0.101 e. The third kappa shape index (κ3) is 3.37. The van der Waals surface area contributed by atoms with Crippen LogP contribution in [-0.2, 0) is 0 Å². The molecule has 5 heteroatoms. The molecule has 0 unspecified atom stereocenters. The zero-order chi connectivity index (χ0) is 23.9. The quantitative estimate of drug-likeness (QED) is 0.262. The number of pyridine rings is 3. The fourth-order valence-corrected chi connectivity index (χ4v) is 4.84. The molecule has 0 atom stereocenters. The first-order valence-corrected chi connectivity index (χ1v) is 11.7. The van der Waals surface area contributed by atoms with Crippen LogP contribution in [0.1, 0.15) is 0 Å². The van der Waals surface area contributed by atoms with Crippen molar-refractivity contribution in [2.45, 2.75) is 0 Å². The van der Waals surface area contributed by atoms with Crippen LogP contribution >= 0.6 is 0 Å². The molecule has 0 amide bonds. The molecule has 7 aromatic rings. The summed E-state index contributed by atoms with van der Waals surface area (Å²) in [5.41, 5.74) is 9.07. The highest BCUT2D eigenvalue weighted by atomic mass is 15.1. The van der Waals surface area contributed by atoms with Crippen molar-refractivity contribution in [1.29, 1.82) is 0 Å². The van der Waals surface area contributed by atoms with E-state index in [1.807, 2.05) is 36.8 Å². The fourth-order valence-electron chi connectivity index (χ4n) is 4.84. The van der Waals surface area contributed by atoms with Crippen LogP contribution in [0.4, 0.5) is 0 Å². The van der Waals surface area contributed by atoms with Gasteiger partial charge in [0, 0.05) is 57.6 Å². The molecular weight excluding hydrogens is 442 g/mol. The molecule has 0 aliphatic carbocycles. The van der Waals surface area contributed by atoms with Crippen molar-refractivity contribution >= 4 is 32.7 Å². The molecule has 0 saturated carbocycles. The molecule has 168 valence electrons. The smallest absolute Gasteiger partial charge is 0.101 e. The average Bonchev–Trinajstić information content (AvgIpc) is 2.96. The van der Waals surface area contributed by atoms with Gasteiger partial charge in [-0.25, -0.2) is 0 Å². The highest BCUT2D eigenvalue weighted by Gasteiger charge is 2.14. The lowest BCUT2D eigenvalue weighted by Gasteiger charge is -2.14. The molecule has 0 spiro atoms. The van der Waals surface area contributed by atoms with Gasteiger partial charge in [-0.15, -0.1) is 5.10 Å². The van der Waals surface area contributed by atoms with Gasteiger partial charge >= 0.3 is 0 Å². The van der Waals surface area contributed by atoms with Crippen LogP contribution in [0.3, 0.4) is 0 Å². The largest absolute Gasteiger partial charge is 0.264 e. The Morgan fingerprint density at radius 2 is 1.31 bits per heavy atom. The van der Waals surface area contributed by atoms with Crippen molar-refractivity contribution < 1.29 is 0 Å². The molecule has 0 bridgehead atoms. The summed E-state index contributed by atoms with van der Waals surface area (Å²) in [6.07, 6.45) is 9.16. The summed E-state index contributed by atoms with van der Waals surface area (Å²) in [7, 11) is 0. The molecule has 7 rings (SSSR count). The molecule has 5 nitrogen and oxygen atoms in total. The fraction of sp³-hybridized carbons (Fsp3) is 0. The van der Waals surface area contributed by atoms with Crippen LogP contribution in [0.15, 0.2) is 116 Å². The predicted octanol–water partition coefficient (Wildman–Crippen LogP) is 7.12. The first-order chi connectivity index (χ1) is 17.8. The maximum atomic E-state index is 4.82. The van der Waals surface area contributed by atoms with Crippen LogP contribution in [0.25, 0.3) is 66.1 Å². The van der Waals surface area contributed by atoms with Crippen LogP contribution in [-0.4, -0.2) is 25.1 Å². The Labute approximate surface area is 207 Å². The average molecular weight is 462 g/mol. The summed E-state index contributed by atoms with van der Waals surface area (Å²) < 4.78 is 0. The van der Waals surface area contributed by atoms with Crippen molar-refractivity contribution in [1.82, 2.24) is 25.1 Å². The Morgan fingerprint density at radius 1 is 0.444 bits per heavy atom. The van der Waals surface area contributed by atoms with E-state index in [9.17, 15) is 0 Å². The van der Waals surface area contributed by atoms with E-state index in [4.69, 9.17) is 4.98 Å². The number of rotatable bonds is 3. The summed E-state index contributed by atoms with van der Waals surface area (Å²) in [6, 6.07) is 29.2. The second-order valence-electron chi connectivity index (χ2n) is 8.71. The molecule has 4 aromatic heterocycles. The standard InChI is InChI=1S/C31H19N5/c1-4-21-12-15-35-36-29(21)27(7-1)28-17-22(10-11-26(28)24-6-2-13-32-18-24)25-16-23-9-8-20-5-3-14-33-30(20)31(23)34-19-25/h1-19H. The second kappa shape index (κ2) is 8.32. The van der Waals surface area contributed by atoms with Crippen molar-refractivity contribution in [2.75, 3.05) is 0 Å². The van der Waals surface area contributed by atoms with Crippen LogP contribution in [0.2, 0.25) is 0 Å². The Morgan fingerprint density at radius 3 is 2.25 bits per heavy atom. The van der Waals surface area contributed by atoms with Gasteiger partial charge in [0.05, 0.1) is 17.2 Å². The van der Waals surface area contributed by atoms with Gasteiger partial charge < -0.3 is 0 Å². The van der Waals surface area contributed by atoms with Gasteiger partial charge in [0.25, 0.3) is 0 Å². The number of hydrogen-bond donors (Lipinski definition) is 0. The molecule has 0 N–H and O–H groups in total. The summed E-state index contributed by atoms with van der Waals surface area (Å²) in [6.45, 7) is 0. The Hall–Kier alpha value is -5.03. The van der Waals surface area contributed by atoms with E-state index in [1.54, 1.807) is 12.4 Å². The Balaban J connectivity index is 1.45. The third-order valence-electron chi connectivity index (χ3n) is 6.58. The van der Waals surface area contributed by atoms with Crippen molar-refractivity contribution in [3.63, 3.8) is 0 Å². The van der Waals surface area contributed by atoms with E-state index in [0.717, 1.165) is 66.1 Å². The molecule has 3 aromatic carbocycles. The van der Waals surface area contributed by atoms with Gasteiger partial charge in [0.2, 0.25) is 0 Å². The Bertz CT molecular complexity index is 1890. The maximum absolute atomic E-state index is 4.82. The van der Waals surface area contributed by atoms with Gasteiger partial charge in [0.15, 0.2) is 0 Å². The minimum Gasteiger partial charge on any atom is -0.264 e. The molecule has 0 aliphatic rings. The highest BCUT2D eigenvalue weighted by Crippen LogP contribution is 2.38. The SMILES string of the molecule is c1cncc(-c2ccc(-c3cnc4c(ccc5cccnc54)c3)cc2-c2cccc3ccnnc23)c1. The van der Waals surface area contributed by atoms with Crippen molar-refractivity contribution in [2.24, 2.45) is 0 Å². The van der Waals surface area contributed by atoms with Crippen LogP contribution in [0, 0.1) is 0 Å². The Kier molecular flexibility index (Phi) is 4.71. The molecule has 0 fully saturated rings. The van der Waals surface area contributed by atoms with E-state index in [0.29, 0.717) is 0 Å². The minimum absolute atomic E-state index is 0.872. The topological polar surface area (TPSA) is 64.5 Å². The van der Waals surface area contributed by atoms with Crippen LogP contribution in [0.5, 0.6) is 0 Å². The minimum atomic E-state index is 0.872. The van der Waals surface area contributed by atoms with Gasteiger partial charge in [-0.2, -0.15) is 5.10 Å². The summed E-state index contributed by atoms with van der Waals surface area (Å²) >= 11 is 0. The van der Waals surface area contributed by atoms with Crippen LogP contribution < -0.4 is 0 Å². The lowest BCUT2D eigenvalue weighted by molar-refractivity contribution is 1.08. The molecule has 0 saturated heterocycles. The van der Waals surface area contributed by atoms with Gasteiger partial charge in [-0.1, -0.05) is 54.6 Å². The summed E-state index contributed by atoms with van der Waals surface area (Å²) in [5.74, 6) is 0. The van der Waals surface area contributed by atoms with Crippen molar-refractivity contribution in [3.05, 3.63) is 116 Å². The highest BCUT2D eigenvalue weighted by molar-refractivity contribution is 6.04. The molecule has 4 heterocycles. The normalized spacial score (nSPS) is 11.3. The summed E-state index contributed by atoms with van der Waals surface area (Å²) in [5, 5.41) is 11.8. The monoisotopic (exact) mass is 461 g/mol.